The van der Waals surface area contributed by atoms with Gasteiger partial charge in [-0.2, -0.15) is 0 Å². The summed E-state index contributed by atoms with van der Waals surface area (Å²) in [6, 6.07) is 1.45. The van der Waals surface area contributed by atoms with Crippen LogP contribution in [0, 0.1) is 5.41 Å². The molecule has 3 N–H and O–H groups in total. The molecule has 2 rings (SSSR count). The largest absolute Gasteiger partial charge is 0.327 e. The predicted octanol–water partition coefficient (Wildman–Crippen LogP) is 1.59. The molecule has 1 amide bonds. The molecule has 1 aliphatic rings. The van der Waals surface area contributed by atoms with Gasteiger partial charge in [-0.1, -0.05) is 18.0 Å². The van der Waals surface area contributed by atoms with Crippen molar-refractivity contribution in [2.24, 2.45) is 11.1 Å². The van der Waals surface area contributed by atoms with Crippen LogP contribution in [0.15, 0.2) is 12.3 Å². The second-order valence-electron chi connectivity index (χ2n) is 4.57. The number of nitrogens with two attached hydrogens (primary N) is 1. The minimum absolute atomic E-state index is 0.110. The number of anilines is 1. The Labute approximate surface area is 105 Å². The highest BCUT2D eigenvalue weighted by Crippen LogP contribution is 2.37. The first-order chi connectivity index (χ1) is 8.02. The topological polar surface area (TPSA) is 80.9 Å². The van der Waals surface area contributed by atoms with Gasteiger partial charge in [0.25, 0.3) is 0 Å². The van der Waals surface area contributed by atoms with Crippen molar-refractivity contribution in [3.63, 3.8) is 0 Å². The van der Waals surface area contributed by atoms with Crippen molar-refractivity contribution in [3.05, 3.63) is 17.4 Å². The van der Waals surface area contributed by atoms with Crippen molar-refractivity contribution in [3.8, 4) is 0 Å². The van der Waals surface area contributed by atoms with Gasteiger partial charge in [-0.15, -0.1) is 0 Å². The summed E-state index contributed by atoms with van der Waals surface area (Å²) >= 11 is 5.72. The monoisotopic (exact) mass is 254 g/mol. The zero-order chi connectivity index (χ0) is 12.5. The van der Waals surface area contributed by atoms with Crippen LogP contribution >= 0.6 is 11.6 Å². The summed E-state index contributed by atoms with van der Waals surface area (Å²) in [7, 11) is 0. The van der Waals surface area contributed by atoms with E-state index in [1.807, 2.05) is 6.92 Å². The zero-order valence-corrected chi connectivity index (χ0v) is 10.4. The number of hydrogen-bond acceptors (Lipinski definition) is 4. The molecule has 92 valence electrons. The molecule has 6 heteroatoms. The summed E-state index contributed by atoms with van der Waals surface area (Å²) in [5.74, 6) is 0.0904. The number of carbonyl (C=O) groups excluding carboxylic acids is 1. The quantitative estimate of drug-likeness (QED) is 0.786. The molecule has 0 bridgehead atoms. The molecule has 1 aromatic heterocycles. The minimum Gasteiger partial charge on any atom is -0.327 e. The third-order valence-electron chi connectivity index (χ3n) is 3.40. The Balaban J connectivity index is 2.12. The number of hydrogen-bond donors (Lipinski definition) is 2. The standard InChI is InChI=1S/C11H15ClN4O/c1-11(5-2-3-7(11)13)9(17)16-10-14-6-4-8(12)15-10/h4,6-7H,2-3,5,13H2,1H3,(H,14,15,16,17). The average molecular weight is 255 g/mol. The maximum Gasteiger partial charge on any atom is 0.234 e. The molecule has 1 fully saturated rings. The fourth-order valence-electron chi connectivity index (χ4n) is 2.12. The molecule has 0 saturated heterocycles. The Bertz CT molecular complexity index is 439. The highest BCUT2D eigenvalue weighted by molar-refractivity contribution is 6.29. The predicted molar refractivity (Wildman–Crippen MR) is 65.6 cm³/mol. The zero-order valence-electron chi connectivity index (χ0n) is 9.61. The molecule has 1 saturated carbocycles. The number of aromatic nitrogens is 2. The van der Waals surface area contributed by atoms with Crippen LogP contribution in [0.5, 0.6) is 0 Å². The van der Waals surface area contributed by atoms with Gasteiger partial charge in [-0.05, 0) is 25.8 Å². The third-order valence-corrected chi connectivity index (χ3v) is 3.61. The van der Waals surface area contributed by atoms with Crippen LogP contribution < -0.4 is 11.1 Å². The fraction of sp³-hybridized carbons (Fsp3) is 0.545. The third kappa shape index (κ3) is 2.40. The van der Waals surface area contributed by atoms with Crippen LogP contribution in [0.1, 0.15) is 26.2 Å². The van der Waals surface area contributed by atoms with Crippen molar-refractivity contribution < 1.29 is 4.79 Å². The molecule has 1 aliphatic carbocycles. The van der Waals surface area contributed by atoms with E-state index in [0.717, 1.165) is 19.3 Å². The normalized spacial score (nSPS) is 28.1. The van der Waals surface area contributed by atoms with Crippen molar-refractivity contribution in [2.75, 3.05) is 5.32 Å². The summed E-state index contributed by atoms with van der Waals surface area (Å²) in [6.07, 6.45) is 4.14. The van der Waals surface area contributed by atoms with Gasteiger partial charge in [-0.3, -0.25) is 10.1 Å². The first-order valence-corrected chi connectivity index (χ1v) is 5.96. The van der Waals surface area contributed by atoms with E-state index in [-0.39, 0.29) is 17.9 Å². The van der Waals surface area contributed by atoms with E-state index in [9.17, 15) is 4.79 Å². The fourth-order valence-corrected chi connectivity index (χ4v) is 2.25. The van der Waals surface area contributed by atoms with Gasteiger partial charge >= 0.3 is 0 Å². The highest BCUT2D eigenvalue weighted by atomic mass is 35.5. The van der Waals surface area contributed by atoms with Gasteiger partial charge in [0.1, 0.15) is 5.15 Å². The van der Waals surface area contributed by atoms with E-state index in [1.165, 1.54) is 6.20 Å². The second-order valence-corrected chi connectivity index (χ2v) is 4.96. The summed E-state index contributed by atoms with van der Waals surface area (Å²) in [4.78, 5) is 20.0. The van der Waals surface area contributed by atoms with E-state index < -0.39 is 5.41 Å². The molecule has 0 aromatic carbocycles. The first-order valence-electron chi connectivity index (χ1n) is 5.58. The van der Waals surface area contributed by atoms with E-state index in [0.29, 0.717) is 5.15 Å². The maximum absolute atomic E-state index is 12.1. The number of halogens is 1. The van der Waals surface area contributed by atoms with Gasteiger partial charge in [0.2, 0.25) is 11.9 Å². The van der Waals surface area contributed by atoms with Gasteiger partial charge in [0.15, 0.2) is 0 Å². The highest BCUT2D eigenvalue weighted by Gasteiger charge is 2.43. The van der Waals surface area contributed by atoms with E-state index >= 15 is 0 Å². The molecule has 2 unspecified atom stereocenters. The van der Waals surface area contributed by atoms with E-state index in [4.69, 9.17) is 17.3 Å². The van der Waals surface area contributed by atoms with Gasteiger partial charge in [-0.25, -0.2) is 9.97 Å². The van der Waals surface area contributed by atoms with Crippen molar-refractivity contribution in [2.45, 2.75) is 32.2 Å². The summed E-state index contributed by atoms with van der Waals surface area (Å²) in [6.45, 7) is 1.88. The van der Waals surface area contributed by atoms with Gasteiger partial charge in [0.05, 0.1) is 5.41 Å². The molecule has 0 radical (unpaired) electrons. The Kier molecular flexibility index (Phi) is 3.31. The molecule has 1 aromatic rings. The maximum atomic E-state index is 12.1. The molecule has 1 heterocycles. The van der Waals surface area contributed by atoms with Crippen LogP contribution in [0.2, 0.25) is 5.15 Å². The van der Waals surface area contributed by atoms with Crippen LogP contribution in [0.25, 0.3) is 0 Å². The Hall–Kier alpha value is -1.20. The molecule has 0 spiro atoms. The lowest BCUT2D eigenvalue weighted by atomic mass is 9.84. The number of amides is 1. The summed E-state index contributed by atoms with van der Waals surface area (Å²) < 4.78 is 0. The summed E-state index contributed by atoms with van der Waals surface area (Å²) in [5, 5.41) is 2.97. The minimum atomic E-state index is -0.536. The van der Waals surface area contributed by atoms with Crippen molar-refractivity contribution in [1.29, 1.82) is 0 Å². The van der Waals surface area contributed by atoms with Crippen LogP contribution in [-0.4, -0.2) is 21.9 Å². The van der Waals surface area contributed by atoms with E-state index in [2.05, 4.69) is 15.3 Å². The lowest BCUT2D eigenvalue weighted by molar-refractivity contribution is -0.125. The molecule has 5 nitrogen and oxygen atoms in total. The molecular weight excluding hydrogens is 240 g/mol. The Morgan fingerprint density at radius 2 is 2.47 bits per heavy atom. The number of carbonyl (C=O) groups is 1. The van der Waals surface area contributed by atoms with Crippen LogP contribution in [0.4, 0.5) is 5.95 Å². The average Bonchev–Trinajstić information content (AvgIpc) is 2.60. The molecular formula is C11H15ClN4O. The Morgan fingerprint density at radius 3 is 3.06 bits per heavy atom. The number of nitrogens with one attached hydrogen (secondary N) is 1. The second kappa shape index (κ2) is 4.58. The van der Waals surface area contributed by atoms with Crippen LogP contribution in [0.3, 0.4) is 0 Å². The lowest BCUT2D eigenvalue weighted by Crippen LogP contribution is -2.44. The summed E-state index contributed by atoms with van der Waals surface area (Å²) in [5.41, 5.74) is 5.43. The number of rotatable bonds is 2. The Morgan fingerprint density at radius 1 is 1.71 bits per heavy atom. The smallest absolute Gasteiger partial charge is 0.234 e. The molecule has 17 heavy (non-hydrogen) atoms. The SMILES string of the molecule is CC1(C(=O)Nc2nccc(Cl)n2)CCCC1N. The van der Waals surface area contributed by atoms with Crippen LogP contribution in [-0.2, 0) is 4.79 Å². The molecule has 0 aliphatic heterocycles. The van der Waals surface area contributed by atoms with Crippen molar-refractivity contribution in [1.82, 2.24) is 9.97 Å². The first kappa shape index (κ1) is 12.3. The van der Waals surface area contributed by atoms with E-state index in [1.54, 1.807) is 6.07 Å². The van der Waals surface area contributed by atoms with Crippen molar-refractivity contribution >= 4 is 23.5 Å². The van der Waals surface area contributed by atoms with Gasteiger partial charge in [0, 0.05) is 12.2 Å². The number of nitrogens with zero attached hydrogens (tertiary/aromatic N) is 2. The molecule has 2 atom stereocenters. The lowest BCUT2D eigenvalue weighted by Gasteiger charge is -2.26. The van der Waals surface area contributed by atoms with Gasteiger partial charge < -0.3 is 5.73 Å².